The first kappa shape index (κ1) is 9.15. The van der Waals surface area contributed by atoms with Crippen molar-refractivity contribution < 1.29 is 0 Å². The molecule has 1 aliphatic rings. The molecule has 5 heteroatoms. The van der Waals surface area contributed by atoms with Crippen LogP contribution >= 0.6 is 15.9 Å². The lowest BCUT2D eigenvalue weighted by molar-refractivity contribution is 0.921. The average molecular weight is 267 g/mol. The fraction of sp³-hybridized carbons (Fsp3) is 0.400. The highest BCUT2D eigenvalue weighted by Crippen LogP contribution is 2.24. The molecule has 78 valence electrons. The predicted octanol–water partition coefficient (Wildman–Crippen LogP) is 2.09. The first-order valence-corrected chi connectivity index (χ1v) is 5.88. The van der Waals surface area contributed by atoms with Crippen LogP contribution in [0.5, 0.6) is 0 Å². The van der Waals surface area contributed by atoms with E-state index in [1.54, 1.807) is 0 Å². The summed E-state index contributed by atoms with van der Waals surface area (Å²) in [6.07, 6.45) is 8.19. The van der Waals surface area contributed by atoms with Crippen LogP contribution in [0.4, 0.5) is 5.82 Å². The molecule has 4 nitrogen and oxygen atoms in total. The van der Waals surface area contributed by atoms with Gasteiger partial charge in [-0.15, -0.1) is 0 Å². The van der Waals surface area contributed by atoms with Gasteiger partial charge in [0.2, 0.25) is 0 Å². The number of hydrogen-bond donors (Lipinski definition) is 0. The highest BCUT2D eigenvalue weighted by atomic mass is 79.9. The van der Waals surface area contributed by atoms with E-state index in [0.29, 0.717) is 0 Å². The molecule has 0 bridgehead atoms. The predicted molar refractivity (Wildman–Crippen MR) is 62.1 cm³/mol. The lowest BCUT2D eigenvalue weighted by Crippen LogP contribution is -2.20. The van der Waals surface area contributed by atoms with E-state index in [4.69, 9.17) is 0 Å². The van der Waals surface area contributed by atoms with E-state index < -0.39 is 0 Å². The smallest absolute Gasteiger partial charge is 0.180 e. The van der Waals surface area contributed by atoms with Gasteiger partial charge in [0.05, 0.1) is 0 Å². The summed E-state index contributed by atoms with van der Waals surface area (Å²) in [7, 11) is 0. The van der Waals surface area contributed by atoms with Crippen LogP contribution in [-0.4, -0.2) is 27.5 Å². The van der Waals surface area contributed by atoms with Crippen LogP contribution in [0.2, 0.25) is 0 Å². The fourth-order valence-corrected chi connectivity index (χ4v) is 2.41. The van der Waals surface area contributed by atoms with Gasteiger partial charge in [0.15, 0.2) is 11.5 Å². The van der Waals surface area contributed by atoms with Gasteiger partial charge in [-0.2, -0.15) is 0 Å². The Morgan fingerprint density at radius 3 is 2.87 bits per heavy atom. The highest BCUT2D eigenvalue weighted by Gasteiger charge is 2.17. The van der Waals surface area contributed by atoms with Gasteiger partial charge in [0.25, 0.3) is 0 Å². The Bertz CT molecular complexity index is 487. The molecule has 1 aliphatic heterocycles. The second-order valence-electron chi connectivity index (χ2n) is 3.74. The third-order valence-corrected chi connectivity index (χ3v) is 3.11. The zero-order valence-electron chi connectivity index (χ0n) is 8.23. The number of aromatic nitrogens is 3. The molecule has 3 rings (SSSR count). The average Bonchev–Trinajstić information content (AvgIpc) is 2.86. The molecular formula is C10H11BrN4. The summed E-state index contributed by atoms with van der Waals surface area (Å²) < 4.78 is 2.86. The van der Waals surface area contributed by atoms with E-state index in [1.165, 1.54) is 12.8 Å². The maximum atomic E-state index is 4.51. The van der Waals surface area contributed by atoms with Gasteiger partial charge < -0.3 is 9.30 Å². The Hall–Kier alpha value is -1.10. The van der Waals surface area contributed by atoms with E-state index in [1.807, 2.05) is 23.0 Å². The van der Waals surface area contributed by atoms with Crippen LogP contribution in [-0.2, 0) is 0 Å². The quantitative estimate of drug-likeness (QED) is 0.793. The second kappa shape index (κ2) is 3.48. The first-order valence-electron chi connectivity index (χ1n) is 5.09. The van der Waals surface area contributed by atoms with Crippen molar-refractivity contribution in [2.45, 2.75) is 12.8 Å². The van der Waals surface area contributed by atoms with E-state index in [2.05, 4.69) is 30.8 Å². The summed E-state index contributed by atoms with van der Waals surface area (Å²) in [6, 6.07) is 0. The zero-order chi connectivity index (χ0) is 10.3. The molecule has 1 fully saturated rings. The molecule has 0 radical (unpaired) electrons. The number of halogens is 1. The van der Waals surface area contributed by atoms with Crippen LogP contribution in [0.15, 0.2) is 23.2 Å². The first-order chi connectivity index (χ1) is 7.34. The molecular weight excluding hydrogens is 256 g/mol. The number of fused-ring (bicyclic) bond motifs is 1. The van der Waals surface area contributed by atoms with Gasteiger partial charge in [-0.25, -0.2) is 9.97 Å². The summed E-state index contributed by atoms with van der Waals surface area (Å²) in [5.74, 6) is 0.992. The number of hydrogen-bond acceptors (Lipinski definition) is 3. The standard InChI is InChI=1S/C10H11BrN4/c11-8-7-15-6-3-12-9(15)10(13-8)14-4-1-2-5-14/h3,6-7H,1-2,4-5H2. The summed E-state index contributed by atoms with van der Waals surface area (Å²) in [5, 5.41) is 0. The molecule has 0 aliphatic carbocycles. The lowest BCUT2D eigenvalue weighted by Gasteiger charge is -2.16. The molecule has 0 aromatic carbocycles. The second-order valence-corrected chi connectivity index (χ2v) is 4.55. The number of nitrogens with zero attached hydrogens (tertiary/aromatic N) is 4. The highest BCUT2D eigenvalue weighted by molar-refractivity contribution is 9.10. The summed E-state index contributed by atoms with van der Waals surface area (Å²) in [4.78, 5) is 11.2. The SMILES string of the molecule is Brc1cn2ccnc2c(N2CCCC2)n1. The minimum Gasteiger partial charge on any atom is -0.353 e. The number of anilines is 1. The fourth-order valence-electron chi connectivity index (χ4n) is 2.03. The van der Waals surface area contributed by atoms with Crippen LogP contribution in [0.25, 0.3) is 5.65 Å². The molecule has 0 atom stereocenters. The van der Waals surface area contributed by atoms with Crippen molar-refractivity contribution in [2.24, 2.45) is 0 Å². The van der Waals surface area contributed by atoms with E-state index in [9.17, 15) is 0 Å². The van der Waals surface area contributed by atoms with Gasteiger partial charge in [-0.05, 0) is 28.8 Å². The summed E-state index contributed by atoms with van der Waals surface area (Å²) in [6.45, 7) is 2.18. The Morgan fingerprint density at radius 1 is 1.27 bits per heavy atom. The van der Waals surface area contributed by atoms with Crippen molar-refractivity contribution in [1.82, 2.24) is 14.4 Å². The lowest BCUT2D eigenvalue weighted by atomic mass is 10.4. The zero-order valence-corrected chi connectivity index (χ0v) is 9.81. The van der Waals surface area contributed by atoms with Crippen molar-refractivity contribution in [1.29, 1.82) is 0 Å². The van der Waals surface area contributed by atoms with Gasteiger partial charge in [-0.3, -0.25) is 0 Å². The molecule has 2 aromatic rings. The van der Waals surface area contributed by atoms with E-state index in [0.717, 1.165) is 29.2 Å². The molecule has 0 unspecified atom stereocenters. The van der Waals surface area contributed by atoms with Gasteiger partial charge in [0, 0.05) is 31.7 Å². The van der Waals surface area contributed by atoms with Crippen molar-refractivity contribution in [3.8, 4) is 0 Å². The molecule has 0 N–H and O–H groups in total. The monoisotopic (exact) mass is 266 g/mol. The third kappa shape index (κ3) is 1.51. The Balaban J connectivity index is 2.18. The maximum absolute atomic E-state index is 4.51. The minimum atomic E-state index is 0.856. The number of imidazole rings is 1. The van der Waals surface area contributed by atoms with Gasteiger partial charge in [-0.1, -0.05) is 0 Å². The van der Waals surface area contributed by atoms with Crippen LogP contribution in [0.1, 0.15) is 12.8 Å². The van der Waals surface area contributed by atoms with Crippen molar-refractivity contribution in [2.75, 3.05) is 18.0 Å². The molecule has 0 saturated carbocycles. The maximum Gasteiger partial charge on any atom is 0.180 e. The molecule has 0 amide bonds. The Kier molecular flexibility index (Phi) is 2.12. The Labute approximate surface area is 96.1 Å². The van der Waals surface area contributed by atoms with Crippen molar-refractivity contribution in [3.05, 3.63) is 23.2 Å². The van der Waals surface area contributed by atoms with Crippen molar-refractivity contribution in [3.63, 3.8) is 0 Å². The van der Waals surface area contributed by atoms with E-state index >= 15 is 0 Å². The van der Waals surface area contributed by atoms with E-state index in [-0.39, 0.29) is 0 Å². The minimum absolute atomic E-state index is 0.856. The third-order valence-electron chi connectivity index (χ3n) is 2.73. The topological polar surface area (TPSA) is 33.4 Å². The van der Waals surface area contributed by atoms with Crippen LogP contribution in [0, 0.1) is 0 Å². The number of rotatable bonds is 1. The Morgan fingerprint density at radius 2 is 2.07 bits per heavy atom. The van der Waals surface area contributed by atoms with Crippen LogP contribution < -0.4 is 4.90 Å². The summed E-state index contributed by atoms with van der Waals surface area (Å²) in [5.41, 5.74) is 0.945. The van der Waals surface area contributed by atoms with Crippen LogP contribution in [0.3, 0.4) is 0 Å². The largest absolute Gasteiger partial charge is 0.353 e. The van der Waals surface area contributed by atoms with Gasteiger partial charge >= 0.3 is 0 Å². The summed E-state index contributed by atoms with van der Waals surface area (Å²) >= 11 is 3.43. The molecule has 3 heterocycles. The van der Waals surface area contributed by atoms with Gasteiger partial charge in [0.1, 0.15) is 4.60 Å². The molecule has 1 saturated heterocycles. The molecule has 15 heavy (non-hydrogen) atoms. The van der Waals surface area contributed by atoms with Crippen molar-refractivity contribution >= 4 is 27.4 Å². The molecule has 0 spiro atoms. The normalized spacial score (nSPS) is 16.5. The molecule has 2 aromatic heterocycles.